The summed E-state index contributed by atoms with van der Waals surface area (Å²) in [6.07, 6.45) is 1.89. The Balaban J connectivity index is 1.47. The topological polar surface area (TPSA) is 62.5 Å². The van der Waals surface area contributed by atoms with E-state index in [9.17, 15) is 18.0 Å². The highest BCUT2D eigenvalue weighted by Gasteiger charge is 2.43. The Morgan fingerprint density at radius 2 is 2.06 bits per heavy atom. The number of hydrogen-bond donors (Lipinski definition) is 1. The van der Waals surface area contributed by atoms with Gasteiger partial charge in [-0.05, 0) is 55.7 Å². The van der Waals surface area contributed by atoms with E-state index in [2.05, 4.69) is 23.7 Å². The third-order valence-corrected chi connectivity index (χ3v) is 7.84. The number of alkyl halides is 3. The molecular weight excluding hydrogens is 417 g/mol. The standard InChI is InChI=1S/C24H35F3N4O/c1-3-4-16-10-19(30-7-5-21(28)15(2)13-30)11-20(16)23(32)31-8-6-22-17(14-31)9-18(12-29-22)24(25,26)27/h9,12,15-16,19-21H,3-8,10-11,13-14,28H2,1-2H3/t15?,16?,19?,20-,21?/m1/s1. The summed E-state index contributed by atoms with van der Waals surface area (Å²) in [6, 6.07) is 1.81. The predicted octanol–water partition coefficient (Wildman–Crippen LogP) is 3.85. The molecule has 2 fully saturated rings. The molecule has 0 radical (unpaired) electrons. The molecule has 2 aliphatic heterocycles. The van der Waals surface area contributed by atoms with Gasteiger partial charge in [0, 0.05) is 55.9 Å². The van der Waals surface area contributed by atoms with E-state index in [0.717, 1.165) is 51.4 Å². The molecule has 1 aromatic rings. The molecule has 4 rings (SSSR count). The van der Waals surface area contributed by atoms with Gasteiger partial charge >= 0.3 is 6.18 Å². The molecule has 4 unspecified atom stereocenters. The largest absolute Gasteiger partial charge is 0.417 e. The molecule has 0 spiro atoms. The smallest absolute Gasteiger partial charge is 0.338 e. The number of nitrogens with two attached hydrogens (primary N) is 1. The molecule has 2 N–H and O–H groups in total. The first-order valence-electron chi connectivity index (χ1n) is 12.0. The van der Waals surface area contributed by atoms with E-state index < -0.39 is 11.7 Å². The van der Waals surface area contributed by atoms with Crippen LogP contribution in [0.15, 0.2) is 12.3 Å². The lowest BCUT2D eigenvalue weighted by Gasteiger charge is -2.39. The molecule has 1 saturated heterocycles. The normalized spacial score (nSPS) is 31.6. The number of rotatable bonds is 4. The van der Waals surface area contributed by atoms with E-state index in [0.29, 0.717) is 42.1 Å². The molecule has 0 aromatic carbocycles. The van der Waals surface area contributed by atoms with Gasteiger partial charge in [-0.15, -0.1) is 0 Å². The third-order valence-electron chi connectivity index (χ3n) is 7.84. The number of halogens is 3. The number of nitrogens with zero attached hydrogens (tertiary/aromatic N) is 3. The summed E-state index contributed by atoms with van der Waals surface area (Å²) in [4.78, 5) is 21.9. The van der Waals surface area contributed by atoms with Crippen molar-refractivity contribution in [3.63, 3.8) is 0 Å². The number of likely N-dealkylation sites (tertiary alicyclic amines) is 1. The molecule has 1 aliphatic carbocycles. The predicted molar refractivity (Wildman–Crippen MR) is 117 cm³/mol. The van der Waals surface area contributed by atoms with Crippen LogP contribution in [0.2, 0.25) is 0 Å². The van der Waals surface area contributed by atoms with Crippen LogP contribution >= 0.6 is 0 Å². The molecule has 1 amide bonds. The minimum atomic E-state index is -4.42. The van der Waals surface area contributed by atoms with Gasteiger partial charge < -0.3 is 10.6 Å². The van der Waals surface area contributed by atoms with Crippen molar-refractivity contribution in [2.45, 2.75) is 77.2 Å². The molecule has 5 atom stereocenters. The molecular formula is C24H35F3N4O. The number of amides is 1. The first-order valence-corrected chi connectivity index (χ1v) is 12.0. The zero-order chi connectivity index (χ0) is 23.0. The number of carbonyl (C=O) groups excluding carboxylic acids is 1. The van der Waals surface area contributed by atoms with E-state index in [1.165, 1.54) is 6.07 Å². The van der Waals surface area contributed by atoms with Crippen molar-refractivity contribution in [1.82, 2.24) is 14.8 Å². The van der Waals surface area contributed by atoms with Crippen molar-refractivity contribution < 1.29 is 18.0 Å². The van der Waals surface area contributed by atoms with Gasteiger partial charge in [0.1, 0.15) is 0 Å². The van der Waals surface area contributed by atoms with Gasteiger partial charge in [0.2, 0.25) is 5.91 Å². The van der Waals surface area contributed by atoms with E-state index in [-0.39, 0.29) is 24.4 Å². The maximum atomic E-state index is 13.6. The second-order valence-electron chi connectivity index (χ2n) is 10.0. The van der Waals surface area contributed by atoms with Crippen molar-refractivity contribution in [3.05, 3.63) is 29.1 Å². The SMILES string of the molecule is CCCC1CC(N2CCC(N)C(C)C2)C[C@H]1C(=O)N1CCc2ncc(C(F)(F)F)cc2C1. The summed E-state index contributed by atoms with van der Waals surface area (Å²) in [6.45, 7) is 7.07. The van der Waals surface area contributed by atoms with Crippen LogP contribution in [0.3, 0.4) is 0 Å². The summed E-state index contributed by atoms with van der Waals surface area (Å²) in [5, 5.41) is 0. The van der Waals surface area contributed by atoms with Crippen LogP contribution in [-0.4, -0.2) is 52.4 Å². The average Bonchev–Trinajstić information content (AvgIpc) is 3.18. The van der Waals surface area contributed by atoms with Crippen LogP contribution in [0.25, 0.3) is 0 Å². The van der Waals surface area contributed by atoms with Gasteiger partial charge in [0.05, 0.1) is 5.56 Å². The van der Waals surface area contributed by atoms with Crippen LogP contribution in [0.1, 0.15) is 62.8 Å². The molecule has 3 aliphatic rings. The molecule has 8 heteroatoms. The second-order valence-corrected chi connectivity index (χ2v) is 10.0. The molecule has 1 saturated carbocycles. The first-order chi connectivity index (χ1) is 15.2. The summed E-state index contributed by atoms with van der Waals surface area (Å²) in [5.41, 5.74) is 6.66. The Labute approximate surface area is 188 Å². The van der Waals surface area contributed by atoms with Crippen LogP contribution < -0.4 is 5.73 Å². The van der Waals surface area contributed by atoms with E-state index >= 15 is 0 Å². The van der Waals surface area contributed by atoms with Crippen LogP contribution in [0.4, 0.5) is 13.2 Å². The van der Waals surface area contributed by atoms with Gasteiger partial charge in [0.25, 0.3) is 0 Å². The summed E-state index contributed by atoms with van der Waals surface area (Å²) >= 11 is 0. The van der Waals surface area contributed by atoms with Crippen molar-refractivity contribution in [1.29, 1.82) is 0 Å². The van der Waals surface area contributed by atoms with Gasteiger partial charge in [-0.2, -0.15) is 13.2 Å². The number of aromatic nitrogens is 1. The Kier molecular flexibility index (Phi) is 6.82. The fraction of sp³-hybridized carbons (Fsp3) is 0.750. The number of fused-ring (bicyclic) bond motifs is 1. The highest BCUT2D eigenvalue weighted by molar-refractivity contribution is 5.80. The lowest BCUT2D eigenvalue weighted by atomic mass is 9.90. The second kappa shape index (κ2) is 9.29. The van der Waals surface area contributed by atoms with Crippen molar-refractivity contribution in [2.24, 2.45) is 23.5 Å². The maximum Gasteiger partial charge on any atom is 0.417 e. The third kappa shape index (κ3) is 4.81. The maximum absolute atomic E-state index is 13.6. The summed E-state index contributed by atoms with van der Waals surface area (Å²) in [5.74, 6) is 0.850. The van der Waals surface area contributed by atoms with E-state index in [1.54, 1.807) is 4.90 Å². The minimum Gasteiger partial charge on any atom is -0.338 e. The van der Waals surface area contributed by atoms with Crippen LogP contribution in [0.5, 0.6) is 0 Å². The number of carbonyl (C=O) groups is 1. The molecule has 0 bridgehead atoms. The fourth-order valence-electron chi connectivity index (χ4n) is 5.92. The van der Waals surface area contributed by atoms with Crippen LogP contribution in [-0.2, 0) is 23.9 Å². The lowest BCUT2D eigenvalue weighted by Crippen LogP contribution is -2.49. The highest BCUT2D eigenvalue weighted by atomic mass is 19.4. The molecule has 5 nitrogen and oxygen atoms in total. The van der Waals surface area contributed by atoms with Gasteiger partial charge in [-0.1, -0.05) is 20.3 Å². The fourth-order valence-corrected chi connectivity index (χ4v) is 5.92. The van der Waals surface area contributed by atoms with E-state index in [1.807, 2.05) is 0 Å². The number of hydrogen-bond acceptors (Lipinski definition) is 4. The number of pyridine rings is 1. The quantitative estimate of drug-likeness (QED) is 0.754. The van der Waals surface area contributed by atoms with Gasteiger partial charge in [0.15, 0.2) is 0 Å². The van der Waals surface area contributed by atoms with Gasteiger partial charge in [-0.25, -0.2) is 0 Å². The molecule has 178 valence electrons. The van der Waals surface area contributed by atoms with Gasteiger partial charge in [-0.3, -0.25) is 14.7 Å². The number of piperidine rings is 1. The van der Waals surface area contributed by atoms with Crippen molar-refractivity contribution >= 4 is 5.91 Å². The van der Waals surface area contributed by atoms with Crippen molar-refractivity contribution in [3.8, 4) is 0 Å². The molecule has 3 heterocycles. The van der Waals surface area contributed by atoms with E-state index in [4.69, 9.17) is 5.73 Å². The molecule has 32 heavy (non-hydrogen) atoms. The zero-order valence-electron chi connectivity index (χ0n) is 19.1. The summed E-state index contributed by atoms with van der Waals surface area (Å²) < 4.78 is 39.4. The van der Waals surface area contributed by atoms with Crippen LogP contribution in [0, 0.1) is 17.8 Å². The Morgan fingerprint density at radius 1 is 1.28 bits per heavy atom. The Hall–Kier alpha value is -1.67. The average molecular weight is 453 g/mol. The first kappa shape index (κ1) is 23.5. The minimum absolute atomic E-state index is 0.0498. The van der Waals surface area contributed by atoms with Crippen molar-refractivity contribution in [2.75, 3.05) is 19.6 Å². The highest BCUT2D eigenvalue weighted by Crippen LogP contribution is 2.41. The summed E-state index contributed by atoms with van der Waals surface area (Å²) in [7, 11) is 0. The zero-order valence-corrected chi connectivity index (χ0v) is 19.1. The lowest BCUT2D eigenvalue weighted by molar-refractivity contribution is -0.138. The monoisotopic (exact) mass is 452 g/mol. The molecule has 1 aromatic heterocycles. The Bertz CT molecular complexity index is 830. The Morgan fingerprint density at radius 3 is 2.75 bits per heavy atom.